The molecule has 0 saturated carbocycles. The fraction of sp³-hybridized carbons (Fsp3) is 0.611. The number of carbonyl (C=O) groups is 1. The molecule has 24 heavy (non-hydrogen) atoms. The van der Waals surface area contributed by atoms with Gasteiger partial charge in [-0.05, 0) is 44.5 Å². The number of aryl methyl sites for hydroxylation is 1. The number of methoxy groups -OCH3 is 1. The van der Waals surface area contributed by atoms with E-state index in [1.54, 1.807) is 7.11 Å². The molecule has 6 heteroatoms. The van der Waals surface area contributed by atoms with Crippen LogP contribution in [0, 0.1) is 0 Å². The normalized spacial score (nSPS) is 23.0. The average molecular weight is 350 g/mol. The first-order valence-electron chi connectivity index (χ1n) is 8.44. The lowest BCUT2D eigenvalue weighted by molar-refractivity contribution is -0.124. The second-order valence-electron chi connectivity index (χ2n) is 7.19. The van der Waals surface area contributed by atoms with Crippen LogP contribution in [0.4, 0.5) is 0 Å². The maximum Gasteiger partial charge on any atom is 0.216 e. The average Bonchev–Trinajstić information content (AvgIpc) is 2.57. The van der Waals surface area contributed by atoms with E-state index >= 15 is 0 Å². The van der Waals surface area contributed by atoms with E-state index in [9.17, 15) is 9.35 Å². The highest BCUT2D eigenvalue weighted by atomic mass is 32.2. The number of Topliss-reactive ketones (excluding diaryl/α,β-unsaturated/α-hetero) is 1. The van der Waals surface area contributed by atoms with E-state index in [2.05, 4.69) is 11.9 Å². The molecule has 1 fully saturated rings. The molecule has 1 aliphatic carbocycles. The van der Waals surface area contributed by atoms with Crippen LogP contribution >= 0.6 is 0 Å². The summed E-state index contributed by atoms with van der Waals surface area (Å²) in [4.78, 5) is 15.2. The van der Waals surface area contributed by atoms with Crippen LogP contribution in [0.25, 0.3) is 0 Å². The van der Waals surface area contributed by atoms with Gasteiger partial charge in [-0.3, -0.25) is 4.79 Å². The van der Waals surface area contributed by atoms with E-state index < -0.39 is 16.8 Å². The molecule has 1 atom stereocenters. The van der Waals surface area contributed by atoms with Crippen molar-refractivity contribution in [2.24, 2.45) is 0 Å². The maximum absolute atomic E-state index is 13.1. The molecule has 1 saturated heterocycles. The minimum atomic E-state index is -1.23. The van der Waals surface area contributed by atoms with Crippen LogP contribution in [0.5, 0.6) is 5.75 Å². The fourth-order valence-electron chi connectivity index (χ4n) is 3.49. The quantitative estimate of drug-likeness (QED) is 0.778. The summed E-state index contributed by atoms with van der Waals surface area (Å²) in [5.74, 6) is 0.874. The van der Waals surface area contributed by atoms with Crippen LogP contribution in [0.15, 0.2) is 17.0 Å². The van der Waals surface area contributed by atoms with Crippen LogP contribution in [0.1, 0.15) is 31.4 Å². The number of likely N-dealkylation sites (N-methyl/N-ethyl adjacent to an activating group) is 1. The third kappa shape index (κ3) is 3.08. The van der Waals surface area contributed by atoms with Gasteiger partial charge in [-0.1, -0.05) is 0 Å². The van der Waals surface area contributed by atoms with Gasteiger partial charge >= 0.3 is 0 Å². The largest absolute Gasteiger partial charge is 0.593 e. The van der Waals surface area contributed by atoms with Gasteiger partial charge in [0.25, 0.3) is 0 Å². The van der Waals surface area contributed by atoms with E-state index in [0.29, 0.717) is 18.6 Å². The molecule has 3 rings (SSSR count). The Labute approximate surface area is 147 Å². The number of ketones is 1. The first kappa shape index (κ1) is 17.7. The first-order valence-corrected chi connectivity index (χ1v) is 9.55. The molecular weight excluding hydrogens is 324 g/mol. The van der Waals surface area contributed by atoms with Gasteiger partial charge in [0.15, 0.2) is 5.75 Å². The van der Waals surface area contributed by atoms with Crippen molar-refractivity contribution in [3.8, 4) is 5.75 Å². The molecule has 0 bridgehead atoms. The monoisotopic (exact) mass is 350 g/mol. The molecule has 0 radical (unpaired) electrons. The summed E-state index contributed by atoms with van der Waals surface area (Å²) in [5.41, 5.74) is 1.63. The second kappa shape index (κ2) is 6.67. The SMILES string of the molecule is COc1cc2c(cc1[S+]([O-])N1CCN(C)CC1)CCC(=O)C2(C)C. The molecule has 0 aromatic heterocycles. The van der Waals surface area contributed by atoms with E-state index in [1.807, 2.05) is 30.3 Å². The number of benzene rings is 1. The summed E-state index contributed by atoms with van der Waals surface area (Å²) in [6, 6.07) is 3.92. The molecule has 132 valence electrons. The number of hydrogen-bond donors (Lipinski definition) is 0. The predicted octanol–water partition coefficient (Wildman–Crippen LogP) is 1.76. The van der Waals surface area contributed by atoms with Crippen LogP contribution in [-0.4, -0.2) is 59.9 Å². The van der Waals surface area contributed by atoms with Crippen molar-refractivity contribution >= 4 is 17.1 Å². The van der Waals surface area contributed by atoms with E-state index in [-0.39, 0.29) is 5.78 Å². The Kier molecular flexibility index (Phi) is 4.93. The van der Waals surface area contributed by atoms with Crippen molar-refractivity contribution in [3.05, 3.63) is 23.3 Å². The Balaban J connectivity index is 1.96. The molecule has 1 unspecified atom stereocenters. The van der Waals surface area contributed by atoms with Gasteiger partial charge in [0.05, 0.1) is 31.6 Å². The van der Waals surface area contributed by atoms with Gasteiger partial charge in [-0.2, -0.15) is 0 Å². The Bertz CT molecular complexity index is 639. The Hall–Kier alpha value is -1.08. The lowest BCUT2D eigenvalue weighted by Crippen LogP contribution is -2.47. The van der Waals surface area contributed by atoms with E-state index in [1.165, 1.54) is 0 Å². The summed E-state index contributed by atoms with van der Waals surface area (Å²) < 4.78 is 20.6. The zero-order valence-corrected chi connectivity index (χ0v) is 15.7. The molecule has 0 amide bonds. The number of fused-ring (bicyclic) bond motifs is 1. The van der Waals surface area contributed by atoms with Gasteiger partial charge in [0, 0.05) is 31.0 Å². The molecule has 0 N–H and O–H groups in total. The highest BCUT2D eigenvalue weighted by Crippen LogP contribution is 2.40. The number of carbonyl (C=O) groups excluding carboxylic acids is 1. The molecule has 1 aromatic carbocycles. The van der Waals surface area contributed by atoms with Gasteiger partial charge < -0.3 is 14.2 Å². The number of rotatable bonds is 3. The second-order valence-corrected chi connectivity index (χ2v) is 8.64. The minimum Gasteiger partial charge on any atom is -0.593 e. The molecule has 1 heterocycles. The van der Waals surface area contributed by atoms with Crippen LogP contribution in [0.3, 0.4) is 0 Å². The Morgan fingerprint density at radius 1 is 1.17 bits per heavy atom. The number of piperazine rings is 1. The van der Waals surface area contributed by atoms with Crippen molar-refractivity contribution in [1.29, 1.82) is 0 Å². The fourth-order valence-corrected chi connectivity index (χ4v) is 4.82. The zero-order valence-electron chi connectivity index (χ0n) is 14.9. The minimum absolute atomic E-state index is 0.255. The molecule has 2 aliphatic rings. The van der Waals surface area contributed by atoms with Gasteiger partial charge in [-0.25, -0.2) is 0 Å². The third-order valence-corrected chi connectivity index (χ3v) is 6.80. The summed E-state index contributed by atoms with van der Waals surface area (Å²) in [6.45, 7) is 7.33. The van der Waals surface area contributed by atoms with Crippen LogP contribution < -0.4 is 4.74 Å². The maximum atomic E-state index is 13.1. The smallest absolute Gasteiger partial charge is 0.216 e. The summed E-state index contributed by atoms with van der Waals surface area (Å²) in [5, 5.41) is 0. The highest BCUT2D eigenvalue weighted by Gasteiger charge is 2.38. The van der Waals surface area contributed by atoms with Crippen molar-refractivity contribution in [2.75, 3.05) is 40.3 Å². The Morgan fingerprint density at radius 2 is 1.83 bits per heavy atom. The van der Waals surface area contributed by atoms with E-state index in [0.717, 1.165) is 42.2 Å². The summed E-state index contributed by atoms with van der Waals surface area (Å²) >= 11 is -1.23. The first-order chi connectivity index (χ1) is 11.3. The summed E-state index contributed by atoms with van der Waals surface area (Å²) in [6.07, 6.45) is 1.27. The Morgan fingerprint density at radius 3 is 2.46 bits per heavy atom. The van der Waals surface area contributed by atoms with Crippen molar-refractivity contribution in [3.63, 3.8) is 0 Å². The predicted molar refractivity (Wildman–Crippen MR) is 94.8 cm³/mol. The molecule has 0 spiro atoms. The molecule has 1 aromatic rings. The van der Waals surface area contributed by atoms with Crippen molar-refractivity contribution in [1.82, 2.24) is 9.21 Å². The number of hydrogen-bond acceptors (Lipinski definition) is 5. The van der Waals surface area contributed by atoms with Gasteiger partial charge in [-0.15, -0.1) is 4.31 Å². The van der Waals surface area contributed by atoms with Crippen molar-refractivity contribution < 1.29 is 14.1 Å². The van der Waals surface area contributed by atoms with Crippen LogP contribution in [-0.2, 0) is 28.0 Å². The number of nitrogens with zero attached hydrogens (tertiary/aromatic N) is 2. The van der Waals surface area contributed by atoms with E-state index in [4.69, 9.17) is 4.74 Å². The van der Waals surface area contributed by atoms with Gasteiger partial charge in [0.1, 0.15) is 5.78 Å². The lowest BCUT2D eigenvalue weighted by Gasteiger charge is -2.34. The van der Waals surface area contributed by atoms with Crippen molar-refractivity contribution in [2.45, 2.75) is 37.0 Å². The van der Waals surface area contributed by atoms with Crippen LogP contribution in [0.2, 0.25) is 0 Å². The highest BCUT2D eigenvalue weighted by molar-refractivity contribution is 7.89. The summed E-state index contributed by atoms with van der Waals surface area (Å²) in [7, 11) is 3.68. The molecule has 1 aliphatic heterocycles. The lowest BCUT2D eigenvalue weighted by atomic mass is 9.72. The number of ether oxygens (including phenoxy) is 1. The van der Waals surface area contributed by atoms with Gasteiger partial charge in [0.2, 0.25) is 4.90 Å². The third-order valence-electron chi connectivity index (χ3n) is 5.27. The molecular formula is C18H26N2O3S. The molecule has 5 nitrogen and oxygen atoms in total. The zero-order chi connectivity index (χ0) is 17.5. The topological polar surface area (TPSA) is 55.8 Å². The standard InChI is InChI=1S/C18H26N2O3S/c1-18(2)14-12-15(23-4)16(11-13(14)5-6-17(18)21)24(22)20-9-7-19(3)8-10-20/h11-12H,5-10H2,1-4H3.